The van der Waals surface area contributed by atoms with Gasteiger partial charge in [0.15, 0.2) is 0 Å². The zero-order valence-corrected chi connectivity index (χ0v) is 22.0. The Morgan fingerprint density at radius 3 is 1.81 bits per heavy atom. The first-order chi connectivity index (χ1) is 15.5. The Morgan fingerprint density at radius 2 is 1.31 bits per heavy atom. The van der Waals surface area contributed by atoms with E-state index in [1.165, 1.54) is 95.5 Å². The van der Waals surface area contributed by atoms with E-state index in [1.54, 1.807) is 0 Å². The zero-order chi connectivity index (χ0) is 23.3. The van der Waals surface area contributed by atoms with E-state index in [9.17, 15) is 4.57 Å². The molecule has 1 rings (SSSR count). The van der Waals surface area contributed by atoms with Gasteiger partial charge in [0.2, 0.25) is 0 Å². The van der Waals surface area contributed by atoms with E-state index in [-0.39, 0.29) is 12.5 Å². The van der Waals surface area contributed by atoms with Crippen LogP contribution < -0.4 is 0 Å². The number of thioether (sulfide) groups is 1. The van der Waals surface area contributed by atoms with Crippen LogP contribution in [0.3, 0.4) is 0 Å². The lowest BCUT2D eigenvalue weighted by molar-refractivity contribution is 0.173. The summed E-state index contributed by atoms with van der Waals surface area (Å²) in [6, 6.07) is 10.1. The van der Waals surface area contributed by atoms with Crippen LogP contribution in [-0.2, 0) is 15.5 Å². The molecule has 186 valence electrons. The average Bonchev–Trinajstić information content (AvgIpc) is 2.77. The lowest BCUT2D eigenvalue weighted by Gasteiger charge is -2.17. The monoisotopic (exact) mass is 486 g/mol. The summed E-state index contributed by atoms with van der Waals surface area (Å²) in [6.45, 7) is 2.38. The number of hydrogen-bond donors (Lipinski definition) is 2. The van der Waals surface area contributed by atoms with Gasteiger partial charge < -0.3 is 9.79 Å². The lowest BCUT2D eigenvalue weighted by Crippen LogP contribution is -2.15. The fraction of sp³-hybridized carbons (Fsp3) is 0.769. The predicted molar refractivity (Wildman–Crippen MR) is 139 cm³/mol. The number of hydrogen-bond acceptors (Lipinski definition) is 3. The molecule has 0 aliphatic rings. The van der Waals surface area contributed by atoms with E-state index in [0.717, 1.165) is 17.9 Å². The highest BCUT2D eigenvalue weighted by Gasteiger charge is 2.18. The van der Waals surface area contributed by atoms with Crippen molar-refractivity contribution in [3.05, 3.63) is 35.9 Å². The molecule has 0 bridgehead atoms. The van der Waals surface area contributed by atoms with Gasteiger partial charge in [-0.2, -0.15) is 11.8 Å². The quantitative estimate of drug-likeness (QED) is 0.128. The van der Waals surface area contributed by atoms with Gasteiger partial charge in [-0.15, -0.1) is 0 Å². The van der Waals surface area contributed by atoms with Crippen LogP contribution in [0.4, 0.5) is 0 Å². The summed E-state index contributed by atoms with van der Waals surface area (Å²) in [4.78, 5) is 18.1. The van der Waals surface area contributed by atoms with Crippen LogP contribution in [-0.4, -0.2) is 27.9 Å². The summed E-state index contributed by atoms with van der Waals surface area (Å²) in [7, 11) is -4.41. The van der Waals surface area contributed by atoms with Gasteiger partial charge in [-0.3, -0.25) is 4.52 Å². The fourth-order valence-electron chi connectivity index (χ4n) is 3.96. The lowest BCUT2D eigenvalue weighted by atomic mass is 10.0. The highest BCUT2D eigenvalue weighted by Crippen LogP contribution is 2.37. The van der Waals surface area contributed by atoms with E-state index in [4.69, 9.17) is 14.3 Å². The molecule has 2 N–H and O–H groups in total. The molecular weight excluding hydrogens is 439 g/mol. The number of unbranched alkanes of at least 4 members (excludes halogenated alkanes) is 13. The molecule has 1 atom stereocenters. The molecule has 0 spiro atoms. The number of rotatable bonds is 22. The second-order valence-electron chi connectivity index (χ2n) is 9.01. The molecule has 0 radical (unpaired) electrons. The first-order valence-electron chi connectivity index (χ1n) is 12.8. The molecule has 6 heteroatoms. The SMILES string of the molecule is CCCCCCCCCCCCCCCCSCC(COP(=O)(O)O)Cc1ccccc1. The fourth-order valence-corrected chi connectivity index (χ4v) is 5.49. The maximum Gasteiger partial charge on any atom is 0.469 e. The third-order valence-electron chi connectivity index (χ3n) is 5.84. The number of phosphoric acid groups is 1. The minimum atomic E-state index is -4.41. The van der Waals surface area contributed by atoms with Gasteiger partial charge in [-0.1, -0.05) is 121 Å². The van der Waals surface area contributed by atoms with E-state index in [1.807, 2.05) is 30.0 Å². The highest BCUT2D eigenvalue weighted by molar-refractivity contribution is 7.99. The van der Waals surface area contributed by atoms with Crippen molar-refractivity contribution in [3.8, 4) is 0 Å². The number of phosphoric ester groups is 1. The number of benzene rings is 1. The van der Waals surface area contributed by atoms with Crippen molar-refractivity contribution in [1.82, 2.24) is 0 Å². The van der Waals surface area contributed by atoms with Gasteiger partial charge in [-0.05, 0) is 35.8 Å². The molecule has 0 saturated heterocycles. The van der Waals surface area contributed by atoms with Crippen molar-refractivity contribution in [3.63, 3.8) is 0 Å². The molecule has 4 nitrogen and oxygen atoms in total. The molecule has 0 saturated carbocycles. The largest absolute Gasteiger partial charge is 0.469 e. The van der Waals surface area contributed by atoms with Crippen molar-refractivity contribution in [2.45, 2.75) is 103 Å². The standard InChI is InChI=1S/C26H47O4PS/c1-2-3-4-5-6-7-8-9-10-11-12-13-14-18-21-32-24-26(23-30-31(27,28)29)22-25-19-16-15-17-20-25/h15-17,19-20,26H,2-14,18,21-24H2,1H3,(H2,27,28,29). The van der Waals surface area contributed by atoms with Crippen LogP contribution in [0.1, 0.15) is 102 Å². The molecule has 1 aromatic rings. The van der Waals surface area contributed by atoms with Crippen molar-refractivity contribution < 1.29 is 18.9 Å². The van der Waals surface area contributed by atoms with Crippen LogP contribution in [0.25, 0.3) is 0 Å². The zero-order valence-electron chi connectivity index (χ0n) is 20.3. The Balaban J connectivity index is 2.00. The minimum absolute atomic E-state index is 0.102. The van der Waals surface area contributed by atoms with Gasteiger partial charge in [0.25, 0.3) is 0 Å². The normalized spacial score (nSPS) is 12.8. The van der Waals surface area contributed by atoms with Gasteiger partial charge in [0, 0.05) is 0 Å². The Morgan fingerprint density at radius 1 is 0.812 bits per heavy atom. The van der Waals surface area contributed by atoms with Crippen molar-refractivity contribution in [2.75, 3.05) is 18.1 Å². The van der Waals surface area contributed by atoms with E-state index in [2.05, 4.69) is 19.1 Å². The topological polar surface area (TPSA) is 66.8 Å². The van der Waals surface area contributed by atoms with Gasteiger partial charge in [0.05, 0.1) is 6.61 Å². The maximum atomic E-state index is 11.1. The molecule has 0 amide bonds. The summed E-state index contributed by atoms with van der Waals surface area (Å²) >= 11 is 1.88. The third-order valence-corrected chi connectivity index (χ3v) is 7.61. The summed E-state index contributed by atoms with van der Waals surface area (Å²) < 4.78 is 15.9. The van der Waals surface area contributed by atoms with Crippen LogP contribution in [0.5, 0.6) is 0 Å². The van der Waals surface area contributed by atoms with Gasteiger partial charge in [-0.25, -0.2) is 4.57 Å². The highest BCUT2D eigenvalue weighted by atomic mass is 32.2. The van der Waals surface area contributed by atoms with E-state index >= 15 is 0 Å². The van der Waals surface area contributed by atoms with Crippen LogP contribution in [0.15, 0.2) is 30.3 Å². The van der Waals surface area contributed by atoms with E-state index in [0.29, 0.717) is 0 Å². The molecule has 0 fully saturated rings. The van der Waals surface area contributed by atoms with Crippen molar-refractivity contribution in [1.29, 1.82) is 0 Å². The third kappa shape index (κ3) is 19.2. The molecule has 32 heavy (non-hydrogen) atoms. The van der Waals surface area contributed by atoms with E-state index < -0.39 is 7.82 Å². The molecule has 0 aliphatic heterocycles. The summed E-state index contributed by atoms with van der Waals surface area (Å²) in [6.07, 6.45) is 20.0. The molecule has 0 aliphatic carbocycles. The molecule has 0 aromatic heterocycles. The van der Waals surface area contributed by atoms with Gasteiger partial charge >= 0.3 is 7.82 Å². The Labute approximate surface area is 201 Å². The Kier molecular flexibility index (Phi) is 18.7. The maximum absolute atomic E-state index is 11.1. The first kappa shape index (κ1) is 29.7. The van der Waals surface area contributed by atoms with Crippen LogP contribution in [0, 0.1) is 5.92 Å². The van der Waals surface area contributed by atoms with Crippen molar-refractivity contribution >= 4 is 19.6 Å². The second kappa shape index (κ2) is 20.1. The summed E-state index contributed by atoms with van der Waals surface area (Å²) in [5.74, 6) is 2.09. The smallest absolute Gasteiger partial charge is 0.303 e. The summed E-state index contributed by atoms with van der Waals surface area (Å²) in [5.41, 5.74) is 1.18. The molecule has 0 heterocycles. The average molecular weight is 487 g/mol. The van der Waals surface area contributed by atoms with Crippen molar-refractivity contribution in [2.24, 2.45) is 5.92 Å². The first-order valence-corrected chi connectivity index (χ1v) is 15.5. The van der Waals surface area contributed by atoms with Crippen LogP contribution >= 0.6 is 19.6 Å². The Bertz CT molecular complexity index is 578. The van der Waals surface area contributed by atoms with Crippen LogP contribution in [0.2, 0.25) is 0 Å². The van der Waals surface area contributed by atoms with Gasteiger partial charge in [0.1, 0.15) is 0 Å². The summed E-state index contributed by atoms with van der Waals surface area (Å²) in [5, 5.41) is 0. The molecule has 1 unspecified atom stereocenters. The molecular formula is C26H47O4PS. The Hall–Kier alpha value is -0.320. The molecule has 1 aromatic carbocycles. The minimum Gasteiger partial charge on any atom is -0.303 e. The predicted octanol–water partition coefficient (Wildman–Crippen LogP) is 8.17. The second-order valence-corrected chi connectivity index (χ2v) is 11.4.